The van der Waals surface area contributed by atoms with Crippen LogP contribution in [-0.2, 0) is 17.9 Å². The number of hydrogen-bond donors (Lipinski definition) is 1. The molecule has 0 saturated carbocycles. The normalized spacial score (nSPS) is 11.2. The van der Waals surface area contributed by atoms with Gasteiger partial charge >= 0.3 is 0 Å². The van der Waals surface area contributed by atoms with E-state index in [1.807, 2.05) is 0 Å². The summed E-state index contributed by atoms with van der Waals surface area (Å²) in [6.45, 7) is 13.3. The Morgan fingerprint density at radius 1 is 1.05 bits per heavy atom. The van der Waals surface area contributed by atoms with Gasteiger partial charge in [0.2, 0.25) is 0 Å². The molecule has 1 aromatic rings. The van der Waals surface area contributed by atoms with Crippen LogP contribution in [0.15, 0.2) is 24.3 Å². The highest BCUT2D eigenvalue weighted by Gasteiger charge is 2.03. The first-order chi connectivity index (χ1) is 9.81. The lowest BCUT2D eigenvalue weighted by atomic mass is 10.1. The van der Waals surface area contributed by atoms with E-state index in [1.54, 1.807) is 0 Å². The highest BCUT2D eigenvalue weighted by atomic mass is 16.5. The Morgan fingerprint density at radius 2 is 1.75 bits per heavy atom. The molecule has 0 atom stereocenters. The van der Waals surface area contributed by atoms with Crippen LogP contribution in [0.25, 0.3) is 0 Å². The summed E-state index contributed by atoms with van der Waals surface area (Å²) >= 11 is 0. The highest BCUT2D eigenvalue weighted by molar-refractivity contribution is 5.26. The van der Waals surface area contributed by atoms with Crippen molar-refractivity contribution in [2.75, 3.05) is 32.8 Å². The van der Waals surface area contributed by atoms with E-state index in [2.05, 4.69) is 55.3 Å². The fraction of sp³-hybridized carbons (Fsp3) is 0.647. The summed E-state index contributed by atoms with van der Waals surface area (Å²) in [6.07, 6.45) is 1.17. The lowest BCUT2D eigenvalue weighted by Gasteiger charge is -2.18. The highest BCUT2D eigenvalue weighted by Crippen LogP contribution is 2.10. The van der Waals surface area contributed by atoms with Crippen molar-refractivity contribution in [2.24, 2.45) is 0 Å². The molecule has 0 radical (unpaired) electrons. The second-order valence-corrected chi connectivity index (χ2v) is 5.02. The second kappa shape index (κ2) is 10.8. The van der Waals surface area contributed by atoms with Crippen LogP contribution >= 0.6 is 0 Å². The summed E-state index contributed by atoms with van der Waals surface area (Å²) in [5.41, 5.74) is 2.65. The average Bonchev–Trinajstić information content (AvgIpc) is 2.49. The van der Waals surface area contributed by atoms with Gasteiger partial charge in [0.15, 0.2) is 0 Å². The van der Waals surface area contributed by atoms with Crippen LogP contribution in [0.3, 0.4) is 0 Å². The molecule has 1 rings (SSSR count). The number of likely N-dealkylation sites (N-methyl/N-ethyl adjacent to an activating group) is 1. The fourth-order valence-corrected chi connectivity index (χ4v) is 2.19. The quantitative estimate of drug-likeness (QED) is 0.630. The van der Waals surface area contributed by atoms with Crippen LogP contribution in [0.5, 0.6) is 0 Å². The van der Waals surface area contributed by atoms with Crippen LogP contribution in [0.1, 0.15) is 38.3 Å². The summed E-state index contributed by atoms with van der Waals surface area (Å²) < 4.78 is 5.83. The predicted octanol–water partition coefficient (Wildman–Crippen LogP) is 3.04. The van der Waals surface area contributed by atoms with E-state index in [0.29, 0.717) is 6.61 Å². The number of hydrogen-bond acceptors (Lipinski definition) is 3. The van der Waals surface area contributed by atoms with Crippen molar-refractivity contribution in [1.82, 2.24) is 10.2 Å². The Hall–Kier alpha value is -0.900. The van der Waals surface area contributed by atoms with Crippen molar-refractivity contribution < 1.29 is 4.74 Å². The van der Waals surface area contributed by atoms with Gasteiger partial charge < -0.3 is 15.0 Å². The van der Waals surface area contributed by atoms with E-state index >= 15 is 0 Å². The Balaban J connectivity index is 2.35. The molecule has 0 saturated heterocycles. The summed E-state index contributed by atoms with van der Waals surface area (Å²) in [5.74, 6) is 0. The zero-order chi connectivity index (χ0) is 14.6. The minimum absolute atomic E-state index is 0.714. The molecule has 3 nitrogen and oxygen atoms in total. The van der Waals surface area contributed by atoms with Crippen molar-refractivity contribution >= 4 is 0 Å². The lowest BCUT2D eigenvalue weighted by Crippen LogP contribution is -2.27. The van der Waals surface area contributed by atoms with Crippen LogP contribution in [0.2, 0.25) is 0 Å². The van der Waals surface area contributed by atoms with Crippen molar-refractivity contribution in [3.63, 3.8) is 0 Å². The van der Waals surface area contributed by atoms with Crippen molar-refractivity contribution in [2.45, 2.75) is 40.3 Å². The molecular weight excluding hydrogens is 248 g/mol. The Bertz CT molecular complexity index is 351. The van der Waals surface area contributed by atoms with Gasteiger partial charge in [0.05, 0.1) is 13.2 Å². The van der Waals surface area contributed by atoms with Gasteiger partial charge in [0, 0.05) is 13.1 Å². The van der Waals surface area contributed by atoms with Crippen LogP contribution in [0, 0.1) is 0 Å². The molecule has 0 spiro atoms. The third kappa shape index (κ3) is 6.51. The van der Waals surface area contributed by atoms with E-state index in [-0.39, 0.29) is 0 Å². The monoisotopic (exact) mass is 278 g/mol. The summed E-state index contributed by atoms with van der Waals surface area (Å²) in [7, 11) is 0. The van der Waals surface area contributed by atoms with Crippen molar-refractivity contribution in [3.8, 4) is 0 Å². The Labute approximate surface area is 124 Å². The second-order valence-electron chi connectivity index (χ2n) is 5.02. The molecule has 0 fully saturated rings. The molecule has 0 amide bonds. The molecular formula is C17H30N2O. The standard InChI is InChI=1S/C17H30N2O/c1-4-11-18-14-16-9-7-8-10-17(16)15-20-13-12-19(5-2)6-3/h7-10,18H,4-6,11-15H2,1-3H3. The number of nitrogens with one attached hydrogen (secondary N) is 1. The smallest absolute Gasteiger partial charge is 0.0720 e. The Morgan fingerprint density at radius 3 is 2.40 bits per heavy atom. The van der Waals surface area contributed by atoms with Gasteiger partial charge in [0.1, 0.15) is 0 Å². The first-order valence-corrected chi connectivity index (χ1v) is 7.89. The molecule has 0 unspecified atom stereocenters. The van der Waals surface area contributed by atoms with Gasteiger partial charge in [-0.15, -0.1) is 0 Å². The lowest BCUT2D eigenvalue weighted by molar-refractivity contribution is 0.0951. The predicted molar refractivity (Wildman–Crippen MR) is 85.9 cm³/mol. The third-order valence-corrected chi connectivity index (χ3v) is 3.56. The van der Waals surface area contributed by atoms with Crippen molar-refractivity contribution in [3.05, 3.63) is 35.4 Å². The van der Waals surface area contributed by atoms with Crippen LogP contribution in [0.4, 0.5) is 0 Å². The summed E-state index contributed by atoms with van der Waals surface area (Å²) in [4.78, 5) is 2.38. The maximum absolute atomic E-state index is 5.83. The maximum atomic E-state index is 5.83. The molecule has 20 heavy (non-hydrogen) atoms. The van der Waals surface area contributed by atoms with Crippen molar-refractivity contribution in [1.29, 1.82) is 0 Å². The van der Waals surface area contributed by atoms with Gasteiger partial charge in [-0.05, 0) is 37.2 Å². The van der Waals surface area contributed by atoms with E-state index < -0.39 is 0 Å². The van der Waals surface area contributed by atoms with Crippen LogP contribution < -0.4 is 5.32 Å². The zero-order valence-electron chi connectivity index (χ0n) is 13.3. The van der Waals surface area contributed by atoms with Gasteiger partial charge in [-0.25, -0.2) is 0 Å². The van der Waals surface area contributed by atoms with E-state index in [1.165, 1.54) is 17.5 Å². The fourth-order valence-electron chi connectivity index (χ4n) is 2.19. The number of ether oxygens (including phenoxy) is 1. The molecule has 0 aliphatic carbocycles. The van der Waals surface area contributed by atoms with Gasteiger partial charge in [-0.2, -0.15) is 0 Å². The molecule has 1 N–H and O–H groups in total. The topological polar surface area (TPSA) is 24.5 Å². The molecule has 0 aliphatic heterocycles. The Kier molecular flexibility index (Phi) is 9.29. The summed E-state index contributed by atoms with van der Waals surface area (Å²) in [6, 6.07) is 8.54. The number of nitrogens with zero attached hydrogens (tertiary/aromatic N) is 1. The molecule has 0 aliphatic rings. The van der Waals surface area contributed by atoms with Gasteiger partial charge in [0.25, 0.3) is 0 Å². The van der Waals surface area contributed by atoms with E-state index in [0.717, 1.165) is 39.3 Å². The van der Waals surface area contributed by atoms with Crippen LogP contribution in [-0.4, -0.2) is 37.7 Å². The zero-order valence-corrected chi connectivity index (χ0v) is 13.3. The molecule has 0 heterocycles. The SMILES string of the molecule is CCCNCc1ccccc1COCCN(CC)CC. The minimum atomic E-state index is 0.714. The van der Waals surface area contributed by atoms with E-state index in [9.17, 15) is 0 Å². The van der Waals surface area contributed by atoms with E-state index in [4.69, 9.17) is 4.74 Å². The maximum Gasteiger partial charge on any atom is 0.0720 e. The first-order valence-electron chi connectivity index (χ1n) is 7.89. The molecule has 114 valence electrons. The summed E-state index contributed by atoms with van der Waals surface area (Å²) in [5, 5.41) is 3.45. The first kappa shape index (κ1) is 17.2. The van der Waals surface area contributed by atoms with Gasteiger partial charge in [-0.1, -0.05) is 45.0 Å². The molecule has 0 aromatic heterocycles. The molecule has 3 heteroatoms. The van der Waals surface area contributed by atoms with Gasteiger partial charge in [-0.3, -0.25) is 0 Å². The molecule has 0 bridgehead atoms. The largest absolute Gasteiger partial charge is 0.375 e. The minimum Gasteiger partial charge on any atom is -0.375 e. The number of benzene rings is 1. The number of rotatable bonds is 11. The molecule has 1 aromatic carbocycles. The average molecular weight is 278 g/mol. The third-order valence-electron chi connectivity index (χ3n) is 3.56.